The molecule has 8 nitrogen and oxygen atoms in total. The third-order valence-electron chi connectivity index (χ3n) is 6.29. The molecule has 1 aromatic carbocycles. The van der Waals surface area contributed by atoms with Gasteiger partial charge in [-0.3, -0.25) is 19.4 Å². The Kier molecular flexibility index (Phi) is 6.74. The fourth-order valence-electron chi connectivity index (χ4n) is 4.53. The van der Waals surface area contributed by atoms with Gasteiger partial charge in [0.1, 0.15) is 0 Å². The zero-order valence-electron chi connectivity index (χ0n) is 17.7. The van der Waals surface area contributed by atoms with Gasteiger partial charge < -0.3 is 19.1 Å². The van der Waals surface area contributed by atoms with Gasteiger partial charge in [0.05, 0.1) is 13.5 Å². The molecule has 164 valence electrons. The average molecular weight is 418 g/mol. The smallest absolute Gasteiger partial charge is 0.306 e. The Bertz CT molecular complexity index is 763. The van der Waals surface area contributed by atoms with Gasteiger partial charge in [0.15, 0.2) is 11.5 Å². The molecule has 3 aliphatic heterocycles. The molecule has 3 aliphatic rings. The van der Waals surface area contributed by atoms with Crippen LogP contribution in [0.1, 0.15) is 31.2 Å². The Morgan fingerprint density at radius 3 is 2.67 bits per heavy atom. The van der Waals surface area contributed by atoms with Crippen molar-refractivity contribution in [3.05, 3.63) is 23.8 Å². The molecule has 0 N–H and O–H groups in total. The Morgan fingerprint density at radius 2 is 1.87 bits per heavy atom. The number of fused-ring (bicyclic) bond motifs is 1. The third-order valence-corrected chi connectivity index (χ3v) is 6.29. The molecular formula is C22H31N3O5. The molecule has 0 radical (unpaired) electrons. The molecule has 1 amide bonds. The first-order valence-electron chi connectivity index (χ1n) is 10.8. The predicted molar refractivity (Wildman–Crippen MR) is 110 cm³/mol. The van der Waals surface area contributed by atoms with Crippen molar-refractivity contribution in [2.24, 2.45) is 0 Å². The zero-order chi connectivity index (χ0) is 20.9. The number of likely N-dealkylation sites (tertiary alicyclic amines) is 1. The van der Waals surface area contributed by atoms with Crippen molar-refractivity contribution in [2.75, 3.05) is 53.2 Å². The number of methoxy groups -OCH3 is 1. The van der Waals surface area contributed by atoms with E-state index >= 15 is 0 Å². The highest BCUT2D eigenvalue weighted by molar-refractivity contribution is 5.81. The van der Waals surface area contributed by atoms with Crippen LogP contribution in [0.25, 0.3) is 0 Å². The fraction of sp³-hybridized carbons (Fsp3) is 0.636. The highest BCUT2D eigenvalue weighted by atomic mass is 16.7. The lowest BCUT2D eigenvalue weighted by molar-refractivity contribution is -0.144. The second-order valence-corrected chi connectivity index (χ2v) is 8.21. The van der Waals surface area contributed by atoms with Crippen molar-refractivity contribution in [3.63, 3.8) is 0 Å². The van der Waals surface area contributed by atoms with Gasteiger partial charge in [-0.05, 0) is 30.5 Å². The lowest BCUT2D eigenvalue weighted by atomic mass is 10.0. The van der Waals surface area contributed by atoms with Crippen LogP contribution < -0.4 is 9.47 Å². The molecule has 1 aromatic rings. The first kappa shape index (κ1) is 20.9. The minimum atomic E-state index is -0.324. The first-order valence-corrected chi connectivity index (χ1v) is 10.8. The number of hydrogen-bond acceptors (Lipinski definition) is 7. The van der Waals surface area contributed by atoms with E-state index in [1.165, 1.54) is 12.7 Å². The summed E-state index contributed by atoms with van der Waals surface area (Å²) in [6, 6.07) is 6.59. The van der Waals surface area contributed by atoms with Crippen LogP contribution in [0, 0.1) is 0 Å². The van der Waals surface area contributed by atoms with Crippen molar-refractivity contribution in [2.45, 2.75) is 38.3 Å². The molecule has 0 aliphatic carbocycles. The molecule has 2 fully saturated rings. The SMILES string of the molecule is COC(=O)CCC(=O)N1CCC[C@H](N2CCN(Cc3ccc4c(c3)OCO4)CC2)C1. The maximum atomic E-state index is 12.5. The van der Waals surface area contributed by atoms with Crippen LogP contribution in [-0.2, 0) is 20.9 Å². The predicted octanol–water partition coefficient (Wildman–Crippen LogP) is 1.48. The summed E-state index contributed by atoms with van der Waals surface area (Å²) in [7, 11) is 1.36. The second kappa shape index (κ2) is 9.66. The summed E-state index contributed by atoms with van der Waals surface area (Å²) in [6.45, 7) is 6.83. The summed E-state index contributed by atoms with van der Waals surface area (Å²) in [5, 5.41) is 0. The Balaban J connectivity index is 1.23. The van der Waals surface area contributed by atoms with Gasteiger partial charge in [-0.2, -0.15) is 0 Å². The number of nitrogens with zero attached hydrogens (tertiary/aromatic N) is 3. The van der Waals surface area contributed by atoms with Crippen molar-refractivity contribution in [1.82, 2.24) is 14.7 Å². The molecule has 4 rings (SSSR count). The van der Waals surface area contributed by atoms with E-state index in [1.807, 2.05) is 11.0 Å². The number of piperazine rings is 1. The van der Waals surface area contributed by atoms with Crippen molar-refractivity contribution in [3.8, 4) is 11.5 Å². The number of carbonyl (C=O) groups is 2. The molecule has 2 saturated heterocycles. The van der Waals surface area contributed by atoms with Crippen LogP contribution in [0.5, 0.6) is 11.5 Å². The first-order chi connectivity index (χ1) is 14.6. The van der Waals surface area contributed by atoms with Gasteiger partial charge in [0, 0.05) is 58.3 Å². The third kappa shape index (κ3) is 5.05. The lowest BCUT2D eigenvalue weighted by Crippen LogP contribution is -2.55. The molecule has 0 aromatic heterocycles. The Morgan fingerprint density at radius 1 is 1.07 bits per heavy atom. The van der Waals surface area contributed by atoms with Gasteiger partial charge in [-0.15, -0.1) is 0 Å². The van der Waals surface area contributed by atoms with Crippen LogP contribution in [-0.4, -0.2) is 85.8 Å². The maximum Gasteiger partial charge on any atom is 0.306 e. The number of carbonyl (C=O) groups excluding carboxylic acids is 2. The Hall–Kier alpha value is -2.32. The van der Waals surface area contributed by atoms with Gasteiger partial charge in [0.25, 0.3) is 0 Å². The maximum absolute atomic E-state index is 12.5. The largest absolute Gasteiger partial charge is 0.469 e. The van der Waals surface area contributed by atoms with Crippen LogP contribution >= 0.6 is 0 Å². The molecule has 0 bridgehead atoms. The number of esters is 1. The van der Waals surface area contributed by atoms with Gasteiger partial charge >= 0.3 is 5.97 Å². The average Bonchev–Trinajstić information content (AvgIpc) is 3.25. The summed E-state index contributed by atoms with van der Waals surface area (Å²) in [4.78, 5) is 30.7. The van der Waals surface area contributed by atoms with E-state index in [9.17, 15) is 9.59 Å². The molecule has 0 saturated carbocycles. The summed E-state index contributed by atoms with van der Waals surface area (Å²) in [5.74, 6) is 1.40. The lowest BCUT2D eigenvalue weighted by Gasteiger charge is -2.43. The molecular weight excluding hydrogens is 386 g/mol. The fourth-order valence-corrected chi connectivity index (χ4v) is 4.53. The minimum absolute atomic E-state index is 0.0616. The van der Waals surface area contributed by atoms with E-state index < -0.39 is 0 Å². The number of amides is 1. The van der Waals surface area contributed by atoms with E-state index in [2.05, 4.69) is 26.7 Å². The van der Waals surface area contributed by atoms with E-state index in [0.717, 1.165) is 70.2 Å². The summed E-state index contributed by atoms with van der Waals surface area (Å²) >= 11 is 0. The van der Waals surface area contributed by atoms with Crippen LogP contribution in [0.2, 0.25) is 0 Å². The number of ether oxygens (including phenoxy) is 3. The molecule has 8 heteroatoms. The molecule has 0 spiro atoms. The normalized spacial score (nSPS) is 22.2. The number of piperidine rings is 1. The quantitative estimate of drug-likeness (QED) is 0.649. The summed E-state index contributed by atoms with van der Waals surface area (Å²) < 4.78 is 15.5. The summed E-state index contributed by atoms with van der Waals surface area (Å²) in [5.41, 5.74) is 1.24. The van der Waals surface area contributed by atoms with Gasteiger partial charge in [-0.25, -0.2) is 0 Å². The Labute approximate surface area is 177 Å². The van der Waals surface area contributed by atoms with Crippen LogP contribution in [0.4, 0.5) is 0 Å². The second-order valence-electron chi connectivity index (χ2n) is 8.21. The highest BCUT2D eigenvalue weighted by Gasteiger charge is 2.30. The number of rotatable bonds is 6. The van der Waals surface area contributed by atoms with Crippen molar-refractivity contribution >= 4 is 11.9 Å². The van der Waals surface area contributed by atoms with E-state index in [4.69, 9.17) is 9.47 Å². The topological polar surface area (TPSA) is 71.6 Å². The minimum Gasteiger partial charge on any atom is -0.469 e. The monoisotopic (exact) mass is 417 g/mol. The standard InChI is InChI=1S/C22H31N3O5/c1-28-22(27)7-6-21(26)25-8-2-3-18(15-25)24-11-9-23(10-12-24)14-17-4-5-19-20(13-17)30-16-29-19/h4-5,13,18H,2-3,6-12,14-16H2,1H3/t18-/m0/s1. The highest BCUT2D eigenvalue weighted by Crippen LogP contribution is 2.33. The molecule has 1 atom stereocenters. The number of benzene rings is 1. The molecule has 3 heterocycles. The van der Waals surface area contributed by atoms with Crippen LogP contribution in [0.15, 0.2) is 18.2 Å². The molecule has 30 heavy (non-hydrogen) atoms. The summed E-state index contributed by atoms with van der Waals surface area (Å²) in [6.07, 6.45) is 2.55. The van der Waals surface area contributed by atoms with Gasteiger partial charge in [-0.1, -0.05) is 6.07 Å². The van der Waals surface area contributed by atoms with Crippen molar-refractivity contribution in [1.29, 1.82) is 0 Å². The van der Waals surface area contributed by atoms with Crippen LogP contribution in [0.3, 0.4) is 0 Å². The van der Waals surface area contributed by atoms with Gasteiger partial charge in [0.2, 0.25) is 12.7 Å². The van der Waals surface area contributed by atoms with E-state index in [1.54, 1.807) is 0 Å². The van der Waals surface area contributed by atoms with E-state index in [0.29, 0.717) is 12.8 Å². The molecule has 0 unspecified atom stereocenters. The number of hydrogen-bond donors (Lipinski definition) is 0. The van der Waals surface area contributed by atoms with E-state index in [-0.39, 0.29) is 24.7 Å². The zero-order valence-corrected chi connectivity index (χ0v) is 17.7. The van der Waals surface area contributed by atoms with Crippen molar-refractivity contribution < 1.29 is 23.8 Å².